The molecule has 0 aliphatic rings. The minimum atomic E-state index is -0.234. The lowest BCUT2D eigenvalue weighted by Gasteiger charge is -2.11. The number of aromatic nitrogens is 3. The molecule has 7 heteroatoms. The fraction of sp³-hybridized carbons (Fsp3) is 0.235. The molecule has 0 saturated heterocycles. The van der Waals surface area contributed by atoms with E-state index in [0.29, 0.717) is 19.0 Å². The lowest BCUT2D eigenvalue weighted by molar-refractivity contribution is 0.626. The quantitative estimate of drug-likeness (QED) is 0.554. The van der Waals surface area contributed by atoms with Gasteiger partial charge >= 0.3 is 0 Å². The van der Waals surface area contributed by atoms with Crippen LogP contribution in [0.5, 0.6) is 0 Å². The standard InChI is InChI=1S/C17H19FN6/c1-19-17(21-12-13-5-7-14(18)8-6-13)20-10-9-16-23-22-15-4-2-3-11-24(15)16/h2-8,11H,9-10,12H2,1H3,(H2,19,20,21). The maximum absolute atomic E-state index is 12.9. The van der Waals surface area contributed by atoms with Gasteiger partial charge in [-0.15, -0.1) is 10.2 Å². The molecule has 0 spiro atoms. The van der Waals surface area contributed by atoms with Crippen molar-refractivity contribution < 1.29 is 4.39 Å². The zero-order valence-corrected chi connectivity index (χ0v) is 13.4. The van der Waals surface area contributed by atoms with Gasteiger partial charge in [0.05, 0.1) is 0 Å². The predicted octanol–water partition coefficient (Wildman–Crippen LogP) is 1.78. The number of guanidine groups is 1. The molecule has 0 amide bonds. The molecule has 0 aliphatic carbocycles. The molecule has 3 rings (SSSR count). The van der Waals surface area contributed by atoms with E-state index in [1.165, 1.54) is 12.1 Å². The Morgan fingerprint density at radius 2 is 1.96 bits per heavy atom. The molecule has 2 N–H and O–H groups in total. The minimum Gasteiger partial charge on any atom is -0.356 e. The third-order valence-corrected chi connectivity index (χ3v) is 3.62. The molecular formula is C17H19FN6. The smallest absolute Gasteiger partial charge is 0.191 e. The number of aliphatic imine (C=N–C) groups is 1. The van der Waals surface area contributed by atoms with Gasteiger partial charge in [0.1, 0.15) is 11.6 Å². The summed E-state index contributed by atoms with van der Waals surface area (Å²) in [4.78, 5) is 4.18. The van der Waals surface area contributed by atoms with Crippen molar-refractivity contribution in [2.75, 3.05) is 13.6 Å². The predicted molar refractivity (Wildman–Crippen MR) is 91.3 cm³/mol. The van der Waals surface area contributed by atoms with Gasteiger partial charge < -0.3 is 10.6 Å². The van der Waals surface area contributed by atoms with Crippen molar-refractivity contribution in [1.29, 1.82) is 0 Å². The van der Waals surface area contributed by atoms with Crippen molar-refractivity contribution in [3.8, 4) is 0 Å². The highest BCUT2D eigenvalue weighted by molar-refractivity contribution is 5.79. The SMILES string of the molecule is CN=C(NCCc1nnc2ccccn12)NCc1ccc(F)cc1. The average Bonchev–Trinajstić information content (AvgIpc) is 3.02. The Balaban J connectivity index is 1.50. The molecule has 3 aromatic rings. The Hall–Kier alpha value is -2.96. The van der Waals surface area contributed by atoms with E-state index in [1.807, 2.05) is 28.8 Å². The van der Waals surface area contributed by atoms with Crippen molar-refractivity contribution >= 4 is 11.6 Å². The first-order chi connectivity index (χ1) is 11.8. The van der Waals surface area contributed by atoms with Crippen molar-refractivity contribution in [2.45, 2.75) is 13.0 Å². The maximum atomic E-state index is 12.9. The second kappa shape index (κ2) is 7.54. The highest BCUT2D eigenvalue weighted by Crippen LogP contribution is 2.03. The van der Waals surface area contributed by atoms with Crippen LogP contribution in [0.1, 0.15) is 11.4 Å². The number of nitrogens with one attached hydrogen (secondary N) is 2. The van der Waals surface area contributed by atoms with E-state index in [4.69, 9.17) is 0 Å². The Morgan fingerprint density at radius 1 is 1.12 bits per heavy atom. The van der Waals surface area contributed by atoms with Gasteiger partial charge in [0.15, 0.2) is 11.6 Å². The summed E-state index contributed by atoms with van der Waals surface area (Å²) >= 11 is 0. The molecule has 1 aromatic carbocycles. The van der Waals surface area contributed by atoms with Crippen molar-refractivity contribution in [3.63, 3.8) is 0 Å². The minimum absolute atomic E-state index is 0.234. The molecule has 0 aliphatic heterocycles. The average molecular weight is 326 g/mol. The summed E-state index contributed by atoms with van der Waals surface area (Å²) in [5.41, 5.74) is 1.83. The summed E-state index contributed by atoms with van der Waals surface area (Å²) in [6.45, 7) is 1.26. The molecular weight excluding hydrogens is 307 g/mol. The van der Waals surface area contributed by atoms with Crippen LogP contribution >= 0.6 is 0 Å². The Bertz CT molecular complexity index is 824. The van der Waals surface area contributed by atoms with E-state index in [-0.39, 0.29) is 5.82 Å². The number of hydrogen-bond acceptors (Lipinski definition) is 3. The summed E-state index contributed by atoms with van der Waals surface area (Å²) in [6.07, 6.45) is 2.68. The monoisotopic (exact) mass is 326 g/mol. The number of benzene rings is 1. The van der Waals surface area contributed by atoms with Crippen LogP contribution in [0.3, 0.4) is 0 Å². The molecule has 24 heavy (non-hydrogen) atoms. The molecule has 2 heterocycles. The van der Waals surface area contributed by atoms with Crippen molar-refractivity contribution in [3.05, 3.63) is 65.9 Å². The van der Waals surface area contributed by atoms with Crippen LogP contribution in [0.4, 0.5) is 4.39 Å². The molecule has 0 bridgehead atoms. The van der Waals surface area contributed by atoms with Crippen molar-refractivity contribution in [1.82, 2.24) is 25.2 Å². The number of nitrogens with zero attached hydrogens (tertiary/aromatic N) is 4. The third-order valence-electron chi connectivity index (χ3n) is 3.62. The molecule has 124 valence electrons. The van der Waals surface area contributed by atoms with Gasteiger partial charge in [-0.2, -0.15) is 0 Å². The highest BCUT2D eigenvalue weighted by Gasteiger charge is 2.05. The molecule has 0 atom stereocenters. The first-order valence-corrected chi connectivity index (χ1v) is 7.74. The van der Waals surface area contributed by atoms with E-state index in [9.17, 15) is 4.39 Å². The lowest BCUT2D eigenvalue weighted by Crippen LogP contribution is -2.38. The Kier molecular flexibility index (Phi) is 5.00. The normalized spacial score (nSPS) is 11.7. The largest absolute Gasteiger partial charge is 0.356 e. The summed E-state index contributed by atoms with van der Waals surface area (Å²) in [6, 6.07) is 12.2. The van der Waals surface area contributed by atoms with Crippen molar-refractivity contribution in [2.24, 2.45) is 4.99 Å². The van der Waals surface area contributed by atoms with E-state index in [1.54, 1.807) is 19.2 Å². The van der Waals surface area contributed by atoms with Crippen LogP contribution in [0.15, 0.2) is 53.7 Å². The third kappa shape index (κ3) is 3.87. The number of hydrogen-bond donors (Lipinski definition) is 2. The lowest BCUT2D eigenvalue weighted by atomic mass is 10.2. The first kappa shape index (κ1) is 15.9. The topological polar surface area (TPSA) is 66.6 Å². The fourth-order valence-electron chi connectivity index (χ4n) is 2.36. The van der Waals surface area contributed by atoms with Gasteiger partial charge in [0.2, 0.25) is 0 Å². The molecule has 2 aromatic heterocycles. The van der Waals surface area contributed by atoms with Gasteiger partial charge in [-0.25, -0.2) is 4.39 Å². The Labute approximate surface area is 139 Å². The zero-order chi connectivity index (χ0) is 16.8. The zero-order valence-electron chi connectivity index (χ0n) is 13.4. The highest BCUT2D eigenvalue weighted by atomic mass is 19.1. The van der Waals surface area contributed by atoms with Gasteiger partial charge in [0, 0.05) is 32.8 Å². The molecule has 0 fully saturated rings. The van der Waals surface area contributed by atoms with Crippen LogP contribution < -0.4 is 10.6 Å². The second-order valence-corrected chi connectivity index (χ2v) is 5.27. The van der Waals surface area contributed by atoms with Crippen LogP contribution in [0.25, 0.3) is 5.65 Å². The van der Waals surface area contributed by atoms with Crippen LogP contribution in [-0.2, 0) is 13.0 Å². The second-order valence-electron chi connectivity index (χ2n) is 5.27. The van der Waals surface area contributed by atoms with Gasteiger partial charge in [-0.1, -0.05) is 18.2 Å². The van der Waals surface area contributed by atoms with E-state index >= 15 is 0 Å². The molecule has 6 nitrogen and oxygen atoms in total. The van der Waals surface area contributed by atoms with E-state index in [2.05, 4.69) is 25.8 Å². The summed E-state index contributed by atoms with van der Waals surface area (Å²) in [5, 5.41) is 14.8. The van der Waals surface area contributed by atoms with Crippen LogP contribution in [0, 0.1) is 5.82 Å². The number of halogens is 1. The summed E-state index contributed by atoms with van der Waals surface area (Å²) < 4.78 is 14.9. The molecule has 0 radical (unpaired) electrons. The maximum Gasteiger partial charge on any atom is 0.191 e. The van der Waals surface area contributed by atoms with Crippen LogP contribution in [0.2, 0.25) is 0 Å². The molecule has 0 saturated carbocycles. The van der Waals surface area contributed by atoms with Gasteiger partial charge in [0.25, 0.3) is 0 Å². The number of rotatable bonds is 5. The first-order valence-electron chi connectivity index (χ1n) is 7.74. The Morgan fingerprint density at radius 3 is 2.75 bits per heavy atom. The van der Waals surface area contributed by atoms with Gasteiger partial charge in [-0.3, -0.25) is 9.39 Å². The van der Waals surface area contributed by atoms with Gasteiger partial charge in [-0.05, 0) is 29.8 Å². The number of fused-ring (bicyclic) bond motifs is 1. The van der Waals surface area contributed by atoms with E-state index < -0.39 is 0 Å². The van der Waals surface area contributed by atoms with Crippen LogP contribution in [-0.4, -0.2) is 34.2 Å². The molecule has 0 unspecified atom stereocenters. The fourth-order valence-corrected chi connectivity index (χ4v) is 2.36. The van der Waals surface area contributed by atoms with E-state index in [0.717, 1.165) is 23.5 Å². The summed E-state index contributed by atoms with van der Waals surface area (Å²) in [5.74, 6) is 1.35. The summed E-state index contributed by atoms with van der Waals surface area (Å²) in [7, 11) is 1.71. The number of pyridine rings is 1.